The third kappa shape index (κ3) is 5.49. The molecule has 0 aromatic heterocycles. The quantitative estimate of drug-likeness (QED) is 0.808. The maximum Gasteiger partial charge on any atom is 0.317 e. The van der Waals surface area contributed by atoms with Crippen molar-refractivity contribution in [3.8, 4) is 0 Å². The fourth-order valence-corrected chi connectivity index (χ4v) is 3.00. The standard InChI is InChI=1S/C17H27N3O3/c1-18(2)16-7-5-4-6-14(16)10-20-8-9-23-15(12-20)11-19(3)13-17(21)22/h4-7,15H,8-13H2,1-3H3,(H,21,22). The molecule has 0 radical (unpaired) electrons. The molecule has 0 bridgehead atoms. The minimum Gasteiger partial charge on any atom is -0.480 e. The highest BCUT2D eigenvalue weighted by Crippen LogP contribution is 2.21. The van der Waals surface area contributed by atoms with Gasteiger partial charge in [0.25, 0.3) is 0 Å². The van der Waals surface area contributed by atoms with Gasteiger partial charge in [0, 0.05) is 46.0 Å². The summed E-state index contributed by atoms with van der Waals surface area (Å²) < 4.78 is 5.79. The van der Waals surface area contributed by atoms with E-state index in [-0.39, 0.29) is 12.6 Å². The van der Waals surface area contributed by atoms with Crippen LogP contribution >= 0.6 is 0 Å². The van der Waals surface area contributed by atoms with E-state index < -0.39 is 5.97 Å². The number of benzene rings is 1. The van der Waals surface area contributed by atoms with Gasteiger partial charge in [-0.15, -0.1) is 0 Å². The summed E-state index contributed by atoms with van der Waals surface area (Å²) in [6, 6.07) is 8.42. The number of morpholine rings is 1. The summed E-state index contributed by atoms with van der Waals surface area (Å²) in [5, 5.41) is 8.85. The van der Waals surface area contributed by atoms with E-state index in [9.17, 15) is 4.79 Å². The van der Waals surface area contributed by atoms with Crippen LogP contribution in [0.15, 0.2) is 24.3 Å². The fraction of sp³-hybridized carbons (Fsp3) is 0.588. The number of carboxylic acid groups (broad SMARTS) is 1. The van der Waals surface area contributed by atoms with Crippen LogP contribution in [0.2, 0.25) is 0 Å². The summed E-state index contributed by atoms with van der Waals surface area (Å²) in [4.78, 5) is 17.1. The van der Waals surface area contributed by atoms with E-state index in [1.807, 2.05) is 7.05 Å². The second-order valence-corrected chi connectivity index (χ2v) is 6.34. The Kier molecular flexibility index (Phi) is 6.38. The number of hydrogen-bond acceptors (Lipinski definition) is 5. The Morgan fingerprint density at radius 2 is 2.09 bits per heavy atom. The molecule has 0 amide bonds. The lowest BCUT2D eigenvalue weighted by Crippen LogP contribution is -2.47. The number of para-hydroxylation sites is 1. The molecule has 6 heteroatoms. The molecule has 1 aromatic carbocycles. The Balaban J connectivity index is 1.93. The van der Waals surface area contributed by atoms with Crippen molar-refractivity contribution in [2.45, 2.75) is 12.6 Å². The molecule has 1 unspecified atom stereocenters. The molecule has 1 atom stereocenters. The van der Waals surface area contributed by atoms with Crippen LogP contribution in [0.5, 0.6) is 0 Å². The summed E-state index contributed by atoms with van der Waals surface area (Å²) in [7, 11) is 5.93. The van der Waals surface area contributed by atoms with E-state index in [1.54, 1.807) is 4.90 Å². The highest BCUT2D eigenvalue weighted by Gasteiger charge is 2.23. The lowest BCUT2D eigenvalue weighted by Gasteiger charge is -2.35. The second kappa shape index (κ2) is 8.29. The first-order valence-electron chi connectivity index (χ1n) is 7.95. The first kappa shape index (κ1) is 17.7. The van der Waals surface area contributed by atoms with E-state index in [0.29, 0.717) is 13.2 Å². The molecular formula is C17H27N3O3. The molecule has 1 aliphatic heterocycles. The van der Waals surface area contributed by atoms with Crippen LogP contribution in [0.25, 0.3) is 0 Å². The average Bonchev–Trinajstić information content (AvgIpc) is 2.47. The summed E-state index contributed by atoms with van der Waals surface area (Å²) in [5.41, 5.74) is 2.54. The molecule has 6 nitrogen and oxygen atoms in total. The first-order chi connectivity index (χ1) is 11.0. The van der Waals surface area contributed by atoms with Crippen LogP contribution in [0.1, 0.15) is 5.56 Å². The molecule has 128 valence electrons. The number of carboxylic acids is 1. The number of hydrogen-bond donors (Lipinski definition) is 1. The molecule has 1 fully saturated rings. The molecule has 23 heavy (non-hydrogen) atoms. The smallest absolute Gasteiger partial charge is 0.317 e. The lowest BCUT2D eigenvalue weighted by atomic mass is 10.1. The van der Waals surface area contributed by atoms with Crippen molar-refractivity contribution in [2.75, 3.05) is 58.8 Å². The molecule has 1 N–H and O–H groups in total. The maximum atomic E-state index is 10.8. The van der Waals surface area contributed by atoms with E-state index in [4.69, 9.17) is 9.84 Å². The van der Waals surface area contributed by atoms with Gasteiger partial charge in [0.15, 0.2) is 0 Å². The molecule has 1 aliphatic rings. The van der Waals surface area contributed by atoms with Gasteiger partial charge in [-0.05, 0) is 18.7 Å². The fourth-order valence-electron chi connectivity index (χ4n) is 3.00. The Labute approximate surface area is 138 Å². The third-order valence-corrected chi connectivity index (χ3v) is 4.01. The van der Waals surface area contributed by atoms with Crippen LogP contribution in [0, 0.1) is 0 Å². The topological polar surface area (TPSA) is 56.3 Å². The number of rotatable bonds is 7. The van der Waals surface area contributed by atoms with Crippen molar-refractivity contribution < 1.29 is 14.6 Å². The van der Waals surface area contributed by atoms with Crippen molar-refractivity contribution in [2.24, 2.45) is 0 Å². The molecular weight excluding hydrogens is 294 g/mol. The number of nitrogens with zero attached hydrogens (tertiary/aromatic N) is 3. The predicted molar refractivity (Wildman–Crippen MR) is 90.9 cm³/mol. The molecule has 0 aliphatic carbocycles. The highest BCUT2D eigenvalue weighted by atomic mass is 16.5. The van der Waals surface area contributed by atoms with E-state index in [2.05, 4.69) is 48.2 Å². The maximum absolute atomic E-state index is 10.8. The van der Waals surface area contributed by atoms with E-state index >= 15 is 0 Å². The number of carbonyl (C=O) groups is 1. The van der Waals surface area contributed by atoms with E-state index in [0.717, 1.165) is 19.6 Å². The SMILES string of the molecule is CN(CC(=O)O)CC1CN(Cc2ccccc2N(C)C)CCO1. The van der Waals surface area contributed by atoms with Gasteiger partial charge in [0.05, 0.1) is 19.3 Å². The summed E-state index contributed by atoms with van der Waals surface area (Å²) >= 11 is 0. The zero-order valence-electron chi connectivity index (χ0n) is 14.2. The molecule has 1 aromatic rings. The Morgan fingerprint density at radius 1 is 1.35 bits per heavy atom. The van der Waals surface area contributed by atoms with Crippen molar-refractivity contribution in [1.82, 2.24) is 9.80 Å². The lowest BCUT2D eigenvalue weighted by molar-refractivity contribution is -0.138. The van der Waals surface area contributed by atoms with Crippen LogP contribution in [0.3, 0.4) is 0 Å². The van der Waals surface area contributed by atoms with Gasteiger partial charge in [0.2, 0.25) is 0 Å². The Morgan fingerprint density at radius 3 is 2.78 bits per heavy atom. The highest BCUT2D eigenvalue weighted by molar-refractivity contribution is 5.69. The Bertz CT molecular complexity index is 522. The monoisotopic (exact) mass is 321 g/mol. The largest absolute Gasteiger partial charge is 0.480 e. The zero-order chi connectivity index (χ0) is 16.8. The van der Waals surface area contributed by atoms with Gasteiger partial charge in [-0.3, -0.25) is 14.6 Å². The number of likely N-dealkylation sites (N-methyl/N-ethyl adjacent to an activating group) is 1. The molecule has 1 saturated heterocycles. The van der Waals surface area contributed by atoms with Gasteiger partial charge in [-0.25, -0.2) is 0 Å². The molecule has 1 heterocycles. The number of anilines is 1. The van der Waals surface area contributed by atoms with Gasteiger partial charge in [0.1, 0.15) is 0 Å². The van der Waals surface area contributed by atoms with Crippen LogP contribution in [0.4, 0.5) is 5.69 Å². The average molecular weight is 321 g/mol. The van der Waals surface area contributed by atoms with Gasteiger partial charge >= 0.3 is 5.97 Å². The molecule has 0 spiro atoms. The van der Waals surface area contributed by atoms with Crippen LogP contribution in [-0.4, -0.2) is 80.9 Å². The predicted octanol–water partition coefficient (Wildman–Crippen LogP) is 0.970. The van der Waals surface area contributed by atoms with Gasteiger partial charge in [-0.2, -0.15) is 0 Å². The minimum atomic E-state index is -0.805. The molecule has 0 saturated carbocycles. The van der Waals surface area contributed by atoms with Crippen LogP contribution < -0.4 is 4.90 Å². The number of aliphatic carboxylic acids is 1. The Hall–Kier alpha value is -1.63. The number of ether oxygens (including phenoxy) is 1. The summed E-state index contributed by atoms with van der Waals surface area (Å²) in [6.07, 6.45) is 0.0552. The zero-order valence-corrected chi connectivity index (χ0v) is 14.2. The minimum absolute atomic E-state index is 0.0450. The van der Waals surface area contributed by atoms with Crippen molar-refractivity contribution >= 4 is 11.7 Å². The van der Waals surface area contributed by atoms with E-state index in [1.165, 1.54) is 11.3 Å². The third-order valence-electron chi connectivity index (χ3n) is 4.01. The summed E-state index contributed by atoms with van der Waals surface area (Å²) in [6.45, 7) is 3.99. The van der Waals surface area contributed by atoms with Gasteiger partial charge < -0.3 is 14.7 Å². The molecule has 2 rings (SSSR count). The first-order valence-corrected chi connectivity index (χ1v) is 7.95. The van der Waals surface area contributed by atoms with Crippen molar-refractivity contribution in [3.05, 3.63) is 29.8 Å². The van der Waals surface area contributed by atoms with Crippen molar-refractivity contribution in [1.29, 1.82) is 0 Å². The van der Waals surface area contributed by atoms with Crippen molar-refractivity contribution in [3.63, 3.8) is 0 Å². The summed E-state index contributed by atoms with van der Waals surface area (Å²) in [5.74, 6) is -0.805. The van der Waals surface area contributed by atoms with Gasteiger partial charge in [-0.1, -0.05) is 18.2 Å². The second-order valence-electron chi connectivity index (χ2n) is 6.34. The van der Waals surface area contributed by atoms with Crippen LogP contribution in [-0.2, 0) is 16.1 Å². The normalized spacial score (nSPS) is 19.0.